The molecule has 1 amide bonds. The number of ether oxygens (including phenoxy) is 1. The van der Waals surface area contributed by atoms with Gasteiger partial charge in [0.25, 0.3) is 0 Å². The number of carbonyl (C=O) groups is 1. The number of hydrogen-bond acceptors (Lipinski definition) is 5. The molecule has 0 unspecified atom stereocenters. The van der Waals surface area contributed by atoms with Crippen molar-refractivity contribution in [3.63, 3.8) is 0 Å². The van der Waals surface area contributed by atoms with E-state index in [1.807, 2.05) is 24.3 Å². The summed E-state index contributed by atoms with van der Waals surface area (Å²) >= 11 is 0. The highest BCUT2D eigenvalue weighted by atomic mass is 16.5. The van der Waals surface area contributed by atoms with Crippen LogP contribution in [0.3, 0.4) is 0 Å². The van der Waals surface area contributed by atoms with Crippen LogP contribution in [0.2, 0.25) is 0 Å². The van der Waals surface area contributed by atoms with Gasteiger partial charge in [0, 0.05) is 44.7 Å². The third-order valence-corrected chi connectivity index (χ3v) is 5.64. The maximum atomic E-state index is 12.0. The van der Waals surface area contributed by atoms with E-state index in [1.165, 1.54) is 5.69 Å². The molecule has 0 saturated carbocycles. The number of unbranched alkanes of at least 4 members (excludes halogenated alkanes) is 2. The number of nitrogens with zero attached hydrogens (tertiary/aromatic N) is 2. The molecule has 0 aromatic heterocycles. The second-order valence-electron chi connectivity index (χ2n) is 7.72. The van der Waals surface area contributed by atoms with Crippen molar-refractivity contribution in [1.29, 1.82) is 0 Å². The maximum Gasteiger partial charge on any atom is 0.220 e. The molecule has 2 N–H and O–H groups in total. The van der Waals surface area contributed by atoms with E-state index in [0.29, 0.717) is 13.0 Å². The molecule has 6 heteroatoms. The number of piperazine rings is 1. The number of rotatable bonds is 10. The number of nitrogens with one attached hydrogen (secondary N) is 1. The molecule has 2 aromatic carbocycles. The Bertz CT molecular complexity index is 804. The summed E-state index contributed by atoms with van der Waals surface area (Å²) < 4.78 is 5.48. The van der Waals surface area contributed by atoms with Crippen LogP contribution in [-0.4, -0.2) is 55.7 Å². The predicted octanol–water partition coefficient (Wildman–Crippen LogP) is 3.40. The van der Waals surface area contributed by atoms with E-state index >= 15 is 0 Å². The fourth-order valence-electron chi connectivity index (χ4n) is 3.84. The van der Waals surface area contributed by atoms with Crippen LogP contribution >= 0.6 is 0 Å². The number of phenolic OH excluding ortho intramolecular Hbond substituents is 1. The molecule has 2 aromatic rings. The van der Waals surface area contributed by atoms with Crippen LogP contribution in [0, 0.1) is 0 Å². The number of phenols is 1. The molecule has 1 heterocycles. The molecule has 1 saturated heterocycles. The van der Waals surface area contributed by atoms with Crippen molar-refractivity contribution < 1.29 is 14.6 Å². The number of methoxy groups -OCH3 is 1. The predicted molar refractivity (Wildman–Crippen MR) is 120 cm³/mol. The van der Waals surface area contributed by atoms with Gasteiger partial charge in [0.05, 0.1) is 12.8 Å². The van der Waals surface area contributed by atoms with Gasteiger partial charge in [-0.25, -0.2) is 0 Å². The highest BCUT2D eigenvalue weighted by Gasteiger charge is 2.19. The summed E-state index contributed by atoms with van der Waals surface area (Å²) in [5, 5.41) is 12.6. The third kappa shape index (κ3) is 6.39. The Labute approximate surface area is 179 Å². The fraction of sp³-hybridized carbons (Fsp3) is 0.458. The molecule has 1 aliphatic heterocycles. The lowest BCUT2D eigenvalue weighted by molar-refractivity contribution is -0.121. The van der Waals surface area contributed by atoms with Gasteiger partial charge >= 0.3 is 0 Å². The van der Waals surface area contributed by atoms with Gasteiger partial charge in [-0.2, -0.15) is 0 Å². The molecule has 0 atom stereocenters. The Kier molecular flexibility index (Phi) is 8.39. The molecule has 0 aliphatic carbocycles. The van der Waals surface area contributed by atoms with E-state index in [9.17, 15) is 9.90 Å². The lowest BCUT2D eigenvalue weighted by Crippen LogP contribution is -2.46. The summed E-state index contributed by atoms with van der Waals surface area (Å²) in [5.74, 6) is 1.21. The smallest absolute Gasteiger partial charge is 0.220 e. The maximum absolute atomic E-state index is 12.0. The number of aromatic hydroxyl groups is 1. The van der Waals surface area contributed by atoms with Crippen LogP contribution in [0.1, 0.15) is 31.2 Å². The van der Waals surface area contributed by atoms with Crippen molar-refractivity contribution in [2.75, 3.05) is 44.7 Å². The lowest BCUT2D eigenvalue weighted by Gasteiger charge is -2.36. The number of hydrogen-bond donors (Lipinski definition) is 2. The molecule has 6 nitrogen and oxygen atoms in total. The molecule has 1 fully saturated rings. The van der Waals surface area contributed by atoms with Crippen LogP contribution in [0.25, 0.3) is 0 Å². The summed E-state index contributed by atoms with van der Waals surface area (Å²) in [6.07, 6.45) is 3.60. The van der Waals surface area contributed by atoms with Gasteiger partial charge in [0.15, 0.2) is 0 Å². The molecule has 0 spiro atoms. The number of amides is 1. The zero-order valence-corrected chi connectivity index (χ0v) is 17.8. The Morgan fingerprint density at radius 2 is 1.73 bits per heavy atom. The highest BCUT2D eigenvalue weighted by molar-refractivity contribution is 5.75. The molecular formula is C24H33N3O3. The summed E-state index contributed by atoms with van der Waals surface area (Å²) in [4.78, 5) is 16.9. The van der Waals surface area contributed by atoms with E-state index in [-0.39, 0.29) is 11.7 Å². The van der Waals surface area contributed by atoms with Gasteiger partial charge in [-0.3, -0.25) is 9.69 Å². The Morgan fingerprint density at radius 1 is 1.00 bits per heavy atom. The first kappa shape index (κ1) is 22.0. The van der Waals surface area contributed by atoms with Crippen LogP contribution in [-0.2, 0) is 11.3 Å². The van der Waals surface area contributed by atoms with Crippen LogP contribution in [0.5, 0.6) is 11.5 Å². The first-order valence-corrected chi connectivity index (χ1v) is 10.8. The number of carbonyl (C=O) groups excluding carboxylic acids is 1. The average Bonchev–Trinajstić information content (AvgIpc) is 2.78. The van der Waals surface area contributed by atoms with E-state index in [0.717, 1.165) is 63.3 Å². The van der Waals surface area contributed by atoms with Crippen molar-refractivity contribution in [2.24, 2.45) is 0 Å². The molecule has 0 radical (unpaired) electrons. The largest absolute Gasteiger partial charge is 0.508 e. The second kappa shape index (κ2) is 11.5. The zero-order chi connectivity index (χ0) is 21.2. The van der Waals surface area contributed by atoms with E-state index < -0.39 is 0 Å². The van der Waals surface area contributed by atoms with Crippen LogP contribution < -0.4 is 15.0 Å². The SMILES string of the molecule is COc1ccccc1N1CCN(CCCCCC(=O)NCc2ccccc2O)CC1. The molecule has 1 aliphatic rings. The van der Waals surface area contributed by atoms with Gasteiger partial charge < -0.3 is 20.1 Å². The van der Waals surface area contributed by atoms with Crippen molar-refractivity contribution in [3.05, 3.63) is 54.1 Å². The summed E-state index contributed by atoms with van der Waals surface area (Å²) in [7, 11) is 1.72. The molecule has 3 rings (SSSR count). The molecule has 162 valence electrons. The Morgan fingerprint density at radius 3 is 2.50 bits per heavy atom. The third-order valence-electron chi connectivity index (χ3n) is 5.64. The van der Waals surface area contributed by atoms with Gasteiger partial charge in [0.1, 0.15) is 11.5 Å². The first-order valence-electron chi connectivity index (χ1n) is 10.8. The summed E-state index contributed by atoms with van der Waals surface area (Å²) in [6.45, 7) is 5.59. The minimum absolute atomic E-state index is 0.0451. The first-order chi connectivity index (χ1) is 14.7. The van der Waals surface area contributed by atoms with E-state index in [1.54, 1.807) is 19.2 Å². The summed E-state index contributed by atoms with van der Waals surface area (Å²) in [6, 6.07) is 15.3. The second-order valence-corrected chi connectivity index (χ2v) is 7.72. The van der Waals surface area contributed by atoms with Crippen molar-refractivity contribution in [2.45, 2.75) is 32.2 Å². The zero-order valence-electron chi connectivity index (χ0n) is 17.8. The van der Waals surface area contributed by atoms with E-state index in [4.69, 9.17) is 4.74 Å². The van der Waals surface area contributed by atoms with Gasteiger partial charge in [-0.1, -0.05) is 36.8 Å². The van der Waals surface area contributed by atoms with Gasteiger partial charge in [-0.15, -0.1) is 0 Å². The lowest BCUT2D eigenvalue weighted by atomic mass is 10.1. The average molecular weight is 412 g/mol. The quantitative estimate of drug-likeness (QED) is 0.587. The summed E-state index contributed by atoms with van der Waals surface area (Å²) in [5.41, 5.74) is 1.92. The minimum atomic E-state index is 0.0451. The highest BCUT2D eigenvalue weighted by Crippen LogP contribution is 2.28. The van der Waals surface area contributed by atoms with Crippen molar-refractivity contribution in [1.82, 2.24) is 10.2 Å². The number of para-hydroxylation sites is 3. The topological polar surface area (TPSA) is 65.0 Å². The molecule has 30 heavy (non-hydrogen) atoms. The molecular weight excluding hydrogens is 378 g/mol. The Balaban J connectivity index is 1.27. The van der Waals surface area contributed by atoms with Crippen LogP contribution in [0.15, 0.2) is 48.5 Å². The standard InChI is InChI=1S/C24H33N3O3/c1-30-23-12-7-5-10-21(23)27-17-15-26(16-18-27)14-8-2-3-13-24(29)25-19-20-9-4-6-11-22(20)28/h4-7,9-12,28H,2-3,8,13-19H2,1H3,(H,25,29). The minimum Gasteiger partial charge on any atom is -0.508 e. The van der Waals surface area contributed by atoms with E-state index in [2.05, 4.69) is 27.2 Å². The number of anilines is 1. The monoisotopic (exact) mass is 411 g/mol. The Hall–Kier alpha value is -2.73. The molecule has 0 bridgehead atoms. The van der Waals surface area contributed by atoms with Crippen molar-refractivity contribution in [3.8, 4) is 11.5 Å². The number of benzene rings is 2. The van der Waals surface area contributed by atoms with Crippen LogP contribution in [0.4, 0.5) is 5.69 Å². The normalized spacial score (nSPS) is 14.5. The van der Waals surface area contributed by atoms with Gasteiger partial charge in [-0.05, 0) is 37.6 Å². The fourth-order valence-corrected chi connectivity index (χ4v) is 3.84. The van der Waals surface area contributed by atoms with Gasteiger partial charge in [0.2, 0.25) is 5.91 Å². The van der Waals surface area contributed by atoms with Crippen molar-refractivity contribution >= 4 is 11.6 Å².